The predicted octanol–water partition coefficient (Wildman–Crippen LogP) is 0.514. The summed E-state index contributed by atoms with van der Waals surface area (Å²) in [5, 5.41) is 5.00. The fourth-order valence-corrected chi connectivity index (χ4v) is 7.02. The van der Waals surface area contributed by atoms with Gasteiger partial charge in [0.15, 0.2) is 0 Å². The Morgan fingerprint density at radius 2 is 0.900 bits per heavy atom. The van der Waals surface area contributed by atoms with Crippen molar-refractivity contribution in [2.75, 3.05) is 7.05 Å². The Morgan fingerprint density at radius 1 is 0.600 bits per heavy atom. The van der Waals surface area contributed by atoms with Crippen LogP contribution in [-0.2, 0) is 30.3 Å². The molecule has 4 saturated heterocycles. The van der Waals surface area contributed by atoms with Gasteiger partial charge in [-0.2, -0.15) is 0 Å². The fraction of sp³-hybridized carbons (Fsp3) is 0.304. The van der Waals surface area contributed by atoms with E-state index in [0.717, 1.165) is 11.1 Å². The molecule has 2 bridgehead atoms. The zero-order valence-electron chi connectivity index (χ0n) is 16.2. The van der Waals surface area contributed by atoms with Gasteiger partial charge in [0.25, 0.3) is 0 Å². The lowest BCUT2D eigenvalue weighted by Crippen LogP contribution is -2.52. The molecule has 6 rings (SSSR count). The van der Waals surface area contributed by atoms with Crippen LogP contribution < -0.4 is 10.6 Å². The summed E-state index contributed by atoms with van der Waals surface area (Å²) in [5.74, 6) is -4.61. The van der Waals surface area contributed by atoms with Gasteiger partial charge >= 0.3 is 0 Å². The number of carbonyl (C=O) groups excluding carboxylic acids is 4. The van der Waals surface area contributed by atoms with Gasteiger partial charge < -0.3 is 0 Å². The second kappa shape index (κ2) is 5.43. The molecular formula is C23H19N3O4. The van der Waals surface area contributed by atoms with Crippen LogP contribution in [0, 0.1) is 23.7 Å². The second-order valence-corrected chi connectivity index (χ2v) is 8.56. The number of rotatable bonds is 2. The maximum absolute atomic E-state index is 13.2. The average Bonchev–Trinajstić information content (AvgIpc) is 3.39. The Morgan fingerprint density at radius 3 is 1.20 bits per heavy atom. The maximum atomic E-state index is 13.2. The van der Waals surface area contributed by atoms with Gasteiger partial charge in [0, 0.05) is 0 Å². The van der Waals surface area contributed by atoms with Gasteiger partial charge in [-0.3, -0.25) is 34.7 Å². The molecule has 7 nitrogen and oxygen atoms in total. The van der Waals surface area contributed by atoms with E-state index in [2.05, 4.69) is 10.6 Å². The van der Waals surface area contributed by atoms with Crippen molar-refractivity contribution >= 4 is 23.6 Å². The highest BCUT2D eigenvalue weighted by Gasteiger charge is 2.86. The first-order valence-electron chi connectivity index (χ1n) is 10.0. The highest BCUT2D eigenvalue weighted by molar-refractivity contribution is 6.13. The smallest absolute Gasteiger partial charge is 0.232 e. The van der Waals surface area contributed by atoms with E-state index in [1.807, 2.05) is 72.6 Å². The van der Waals surface area contributed by atoms with Gasteiger partial charge in [-0.05, 0) is 18.2 Å². The van der Waals surface area contributed by atoms with Crippen LogP contribution in [0.5, 0.6) is 0 Å². The molecule has 0 radical (unpaired) electrons. The Bertz CT molecular complexity index is 1000. The fourth-order valence-electron chi connectivity index (χ4n) is 7.02. The molecule has 2 aromatic rings. The molecule has 4 fully saturated rings. The molecule has 0 spiro atoms. The Hall–Kier alpha value is -3.32. The number of nitrogens with zero attached hydrogens (tertiary/aromatic N) is 1. The van der Waals surface area contributed by atoms with Crippen LogP contribution in [0.4, 0.5) is 0 Å². The van der Waals surface area contributed by atoms with Crippen LogP contribution >= 0.6 is 0 Å². The van der Waals surface area contributed by atoms with Gasteiger partial charge in [-0.15, -0.1) is 0 Å². The Kier molecular flexibility index (Phi) is 3.17. The Balaban J connectivity index is 1.76. The topological polar surface area (TPSA) is 95.6 Å². The molecule has 7 heteroatoms. The van der Waals surface area contributed by atoms with Gasteiger partial charge in [0.1, 0.15) is 0 Å². The number of benzene rings is 2. The lowest BCUT2D eigenvalue weighted by atomic mass is 9.55. The van der Waals surface area contributed by atoms with E-state index in [0.29, 0.717) is 0 Å². The van der Waals surface area contributed by atoms with Crippen molar-refractivity contribution in [1.82, 2.24) is 15.5 Å². The third-order valence-corrected chi connectivity index (χ3v) is 7.77. The van der Waals surface area contributed by atoms with Crippen molar-refractivity contribution in [3.05, 3.63) is 71.8 Å². The zero-order chi connectivity index (χ0) is 20.8. The van der Waals surface area contributed by atoms with Crippen LogP contribution in [0.2, 0.25) is 0 Å². The number of hydrogen-bond acceptors (Lipinski definition) is 5. The van der Waals surface area contributed by atoms with E-state index in [4.69, 9.17) is 0 Å². The monoisotopic (exact) mass is 401 g/mol. The van der Waals surface area contributed by atoms with Crippen molar-refractivity contribution in [3.8, 4) is 0 Å². The van der Waals surface area contributed by atoms with Gasteiger partial charge in [0.2, 0.25) is 23.6 Å². The van der Waals surface area contributed by atoms with Crippen LogP contribution in [0.1, 0.15) is 11.1 Å². The number of imide groups is 2. The summed E-state index contributed by atoms with van der Waals surface area (Å²) in [6.07, 6.45) is 0. The first kappa shape index (κ1) is 17.5. The number of nitrogens with one attached hydrogen (secondary N) is 2. The van der Waals surface area contributed by atoms with Crippen LogP contribution in [0.3, 0.4) is 0 Å². The minimum absolute atomic E-state index is 0.385. The Labute approximate surface area is 172 Å². The van der Waals surface area contributed by atoms with E-state index in [9.17, 15) is 19.2 Å². The minimum Gasteiger partial charge on any atom is -0.296 e. The summed E-state index contributed by atoms with van der Waals surface area (Å²) in [6.45, 7) is 0. The molecule has 0 unspecified atom stereocenters. The van der Waals surface area contributed by atoms with E-state index >= 15 is 0 Å². The molecule has 0 saturated carbocycles. The standard InChI is InChI=1S/C23H19N3O4/c1-26-22(12-8-4-2-5-9-12)14-16(20(29)24-18(14)27)23(26,13-10-6-3-7-11-13)17-15(22)19(28)25-21(17)30/h2-11,14-17H,1H3,(H,24,27,29)(H,25,28,30)/t14-,15-,16+,17+,22?,23?. The molecule has 2 aromatic carbocycles. The first-order valence-corrected chi connectivity index (χ1v) is 10.0. The van der Waals surface area contributed by atoms with E-state index in [1.54, 1.807) is 0 Å². The maximum Gasteiger partial charge on any atom is 0.232 e. The van der Waals surface area contributed by atoms with E-state index in [-0.39, 0.29) is 23.6 Å². The molecule has 4 heterocycles. The van der Waals surface area contributed by atoms with E-state index in [1.165, 1.54) is 0 Å². The number of amides is 4. The summed E-state index contributed by atoms with van der Waals surface area (Å²) in [4.78, 5) is 54.6. The highest BCUT2D eigenvalue weighted by atomic mass is 16.2. The van der Waals surface area contributed by atoms with Gasteiger partial charge in [0.05, 0.1) is 34.7 Å². The summed E-state index contributed by atoms with van der Waals surface area (Å²) < 4.78 is 0. The highest BCUT2D eigenvalue weighted by Crippen LogP contribution is 2.73. The summed E-state index contributed by atoms with van der Waals surface area (Å²) in [7, 11) is 1.84. The molecule has 2 N–H and O–H groups in total. The molecule has 4 aliphatic rings. The summed E-state index contributed by atoms with van der Waals surface area (Å²) >= 11 is 0. The SMILES string of the molecule is CN1C2(c3ccccc3)[C@@H]3C(=O)NC(=O)[C@@H]3C1(c1ccccc1)[C@H]1C(=O)NC(=O)[C@H]12. The predicted molar refractivity (Wildman–Crippen MR) is 104 cm³/mol. The van der Waals surface area contributed by atoms with Gasteiger partial charge in [-0.25, -0.2) is 0 Å². The van der Waals surface area contributed by atoms with Crippen molar-refractivity contribution in [2.24, 2.45) is 23.7 Å². The summed E-state index contributed by atoms with van der Waals surface area (Å²) in [6, 6.07) is 18.7. The summed E-state index contributed by atoms with van der Waals surface area (Å²) in [5.41, 5.74) is -0.664. The van der Waals surface area contributed by atoms with Crippen molar-refractivity contribution < 1.29 is 19.2 Å². The second-order valence-electron chi connectivity index (χ2n) is 8.56. The van der Waals surface area contributed by atoms with Crippen molar-refractivity contribution in [2.45, 2.75) is 11.1 Å². The molecular weight excluding hydrogens is 382 g/mol. The number of hydrogen-bond donors (Lipinski definition) is 2. The first-order chi connectivity index (χ1) is 14.5. The van der Waals surface area contributed by atoms with E-state index < -0.39 is 34.7 Å². The minimum atomic E-state index is -1.10. The van der Waals surface area contributed by atoms with Crippen molar-refractivity contribution in [1.29, 1.82) is 0 Å². The third-order valence-electron chi connectivity index (χ3n) is 7.77. The largest absolute Gasteiger partial charge is 0.296 e. The molecule has 150 valence electrons. The van der Waals surface area contributed by atoms with Crippen LogP contribution in [0.15, 0.2) is 60.7 Å². The number of fused-ring (bicyclic) bond motifs is 8. The quantitative estimate of drug-likeness (QED) is 0.716. The lowest BCUT2D eigenvalue weighted by molar-refractivity contribution is -0.133. The number of carbonyl (C=O) groups is 4. The third kappa shape index (κ3) is 1.61. The van der Waals surface area contributed by atoms with Crippen LogP contribution in [0.25, 0.3) is 0 Å². The van der Waals surface area contributed by atoms with Gasteiger partial charge in [-0.1, -0.05) is 60.7 Å². The molecule has 0 aromatic heterocycles. The zero-order valence-corrected chi connectivity index (χ0v) is 16.2. The molecule has 4 amide bonds. The molecule has 0 aliphatic carbocycles. The lowest BCUT2D eigenvalue weighted by Gasteiger charge is -2.40. The normalized spacial score (nSPS) is 39.1. The molecule has 4 atom stereocenters. The van der Waals surface area contributed by atoms with Crippen LogP contribution in [-0.4, -0.2) is 35.6 Å². The molecule has 4 aliphatic heterocycles. The molecule has 30 heavy (non-hydrogen) atoms. The van der Waals surface area contributed by atoms with Crippen molar-refractivity contribution in [3.63, 3.8) is 0 Å². The average molecular weight is 401 g/mol.